The summed E-state index contributed by atoms with van der Waals surface area (Å²) in [5.74, 6) is 0.882. The Balaban J connectivity index is 1.52. The van der Waals surface area contributed by atoms with Crippen LogP contribution in [0.25, 0.3) is 0 Å². The van der Waals surface area contributed by atoms with Crippen molar-refractivity contribution in [1.29, 1.82) is 0 Å². The average molecular weight is 371 g/mol. The van der Waals surface area contributed by atoms with Crippen molar-refractivity contribution >= 4 is 17.7 Å². The van der Waals surface area contributed by atoms with Crippen LogP contribution in [0.3, 0.4) is 0 Å². The average Bonchev–Trinajstić information content (AvgIpc) is 3.42. The van der Waals surface area contributed by atoms with Crippen LogP contribution in [0, 0.1) is 11.6 Å². The van der Waals surface area contributed by atoms with Gasteiger partial charge in [-0.3, -0.25) is 5.10 Å². The monoisotopic (exact) mass is 371 g/mol. The number of rotatable bonds is 6. The molecule has 1 fully saturated rings. The summed E-state index contributed by atoms with van der Waals surface area (Å²) in [5.41, 5.74) is 1.33. The molecule has 9 heteroatoms. The SMILES string of the molecule is CC(c1cc(F)ccc1F)N(C)c1ncnc(Nc2cc(C3CC3)[nH]n2)n1. The summed E-state index contributed by atoms with van der Waals surface area (Å²) in [6.07, 6.45) is 3.72. The Bertz CT molecular complexity index is 954. The van der Waals surface area contributed by atoms with Crippen molar-refractivity contribution in [3.8, 4) is 0 Å². The third-order valence-electron chi connectivity index (χ3n) is 4.72. The zero-order valence-corrected chi connectivity index (χ0v) is 14.9. The number of aromatic amines is 1. The number of H-pyrrole nitrogens is 1. The van der Waals surface area contributed by atoms with E-state index in [9.17, 15) is 8.78 Å². The highest BCUT2D eigenvalue weighted by Gasteiger charge is 2.25. The Kier molecular flexibility index (Phi) is 4.43. The first-order chi connectivity index (χ1) is 13.0. The number of nitrogens with one attached hydrogen (secondary N) is 2. The van der Waals surface area contributed by atoms with Crippen LogP contribution in [0.1, 0.15) is 43.0 Å². The molecule has 0 amide bonds. The summed E-state index contributed by atoms with van der Waals surface area (Å²) in [6, 6.07) is 4.86. The van der Waals surface area contributed by atoms with Gasteiger partial charge in [-0.25, -0.2) is 18.7 Å². The van der Waals surface area contributed by atoms with Crippen LogP contribution < -0.4 is 10.2 Å². The molecule has 1 aromatic carbocycles. The van der Waals surface area contributed by atoms with Crippen LogP contribution in [0.15, 0.2) is 30.6 Å². The Labute approximate surface area is 154 Å². The van der Waals surface area contributed by atoms with E-state index in [1.807, 2.05) is 6.07 Å². The lowest BCUT2D eigenvalue weighted by molar-refractivity contribution is 0.563. The van der Waals surface area contributed by atoms with Crippen molar-refractivity contribution in [2.75, 3.05) is 17.3 Å². The Morgan fingerprint density at radius 3 is 2.81 bits per heavy atom. The van der Waals surface area contributed by atoms with Gasteiger partial charge in [0.2, 0.25) is 11.9 Å². The first-order valence-corrected chi connectivity index (χ1v) is 8.70. The van der Waals surface area contributed by atoms with Gasteiger partial charge >= 0.3 is 0 Å². The van der Waals surface area contributed by atoms with Crippen molar-refractivity contribution in [2.24, 2.45) is 0 Å². The second-order valence-electron chi connectivity index (χ2n) is 6.67. The molecule has 0 bridgehead atoms. The number of halogens is 2. The molecule has 0 aliphatic heterocycles. The topological polar surface area (TPSA) is 82.6 Å². The Morgan fingerprint density at radius 2 is 2.04 bits per heavy atom. The van der Waals surface area contributed by atoms with Gasteiger partial charge in [0, 0.05) is 30.3 Å². The largest absolute Gasteiger partial charge is 0.337 e. The van der Waals surface area contributed by atoms with Crippen molar-refractivity contribution in [1.82, 2.24) is 25.1 Å². The van der Waals surface area contributed by atoms with E-state index in [1.165, 1.54) is 25.2 Å². The minimum absolute atomic E-state index is 0.230. The molecule has 2 heterocycles. The van der Waals surface area contributed by atoms with E-state index >= 15 is 0 Å². The van der Waals surface area contributed by atoms with Crippen LogP contribution in [0.4, 0.5) is 26.5 Å². The fourth-order valence-electron chi connectivity index (χ4n) is 2.85. The molecule has 0 radical (unpaired) electrons. The molecule has 3 aromatic rings. The molecule has 0 saturated heterocycles. The minimum atomic E-state index is -0.491. The number of hydrogen-bond acceptors (Lipinski definition) is 6. The fraction of sp³-hybridized carbons (Fsp3) is 0.333. The van der Waals surface area contributed by atoms with E-state index in [0.717, 1.165) is 17.8 Å². The third-order valence-corrected chi connectivity index (χ3v) is 4.72. The molecule has 4 rings (SSSR count). The van der Waals surface area contributed by atoms with Gasteiger partial charge in [0.25, 0.3) is 0 Å². The number of aromatic nitrogens is 5. The van der Waals surface area contributed by atoms with Gasteiger partial charge in [-0.05, 0) is 38.0 Å². The molecule has 1 saturated carbocycles. The molecule has 1 aliphatic rings. The van der Waals surface area contributed by atoms with Gasteiger partial charge in [0.1, 0.15) is 18.0 Å². The Hall–Kier alpha value is -3.10. The summed E-state index contributed by atoms with van der Waals surface area (Å²) >= 11 is 0. The summed E-state index contributed by atoms with van der Waals surface area (Å²) in [5, 5.41) is 10.3. The summed E-state index contributed by atoms with van der Waals surface area (Å²) in [4.78, 5) is 14.3. The molecule has 1 unspecified atom stereocenters. The summed E-state index contributed by atoms with van der Waals surface area (Å²) < 4.78 is 27.6. The normalized spacial score (nSPS) is 14.8. The van der Waals surface area contributed by atoms with Gasteiger partial charge < -0.3 is 10.2 Å². The van der Waals surface area contributed by atoms with E-state index < -0.39 is 17.7 Å². The van der Waals surface area contributed by atoms with Gasteiger partial charge in [-0.1, -0.05) is 0 Å². The van der Waals surface area contributed by atoms with Crippen molar-refractivity contribution in [3.63, 3.8) is 0 Å². The quantitative estimate of drug-likeness (QED) is 0.688. The molecule has 140 valence electrons. The first-order valence-electron chi connectivity index (χ1n) is 8.70. The zero-order valence-electron chi connectivity index (χ0n) is 14.9. The molecule has 7 nitrogen and oxygen atoms in total. The Morgan fingerprint density at radius 1 is 1.22 bits per heavy atom. The number of hydrogen-bond donors (Lipinski definition) is 2. The van der Waals surface area contributed by atoms with Gasteiger partial charge in [0.05, 0.1) is 6.04 Å². The molecular weight excluding hydrogens is 352 g/mol. The van der Waals surface area contributed by atoms with E-state index in [-0.39, 0.29) is 5.56 Å². The minimum Gasteiger partial charge on any atom is -0.337 e. The lowest BCUT2D eigenvalue weighted by atomic mass is 10.1. The van der Waals surface area contributed by atoms with Gasteiger partial charge in [0.15, 0.2) is 5.82 Å². The summed E-state index contributed by atoms with van der Waals surface area (Å²) in [6.45, 7) is 1.75. The van der Waals surface area contributed by atoms with E-state index in [0.29, 0.717) is 23.6 Å². The highest BCUT2D eigenvalue weighted by Crippen LogP contribution is 2.39. The van der Waals surface area contributed by atoms with E-state index in [4.69, 9.17) is 0 Å². The third kappa shape index (κ3) is 3.71. The van der Waals surface area contributed by atoms with Gasteiger partial charge in [-0.2, -0.15) is 10.1 Å². The number of anilines is 3. The van der Waals surface area contributed by atoms with Crippen molar-refractivity contribution in [3.05, 3.63) is 53.5 Å². The molecular formula is C18H19F2N7. The van der Waals surface area contributed by atoms with Crippen molar-refractivity contribution < 1.29 is 8.78 Å². The number of nitrogens with zero attached hydrogens (tertiary/aromatic N) is 5. The van der Waals surface area contributed by atoms with Crippen LogP contribution in [0.2, 0.25) is 0 Å². The van der Waals surface area contributed by atoms with Crippen LogP contribution in [0.5, 0.6) is 0 Å². The van der Waals surface area contributed by atoms with Crippen LogP contribution >= 0.6 is 0 Å². The summed E-state index contributed by atoms with van der Waals surface area (Å²) in [7, 11) is 1.72. The van der Waals surface area contributed by atoms with Crippen molar-refractivity contribution in [2.45, 2.75) is 31.7 Å². The second kappa shape index (κ2) is 6.90. The maximum absolute atomic E-state index is 14.1. The lowest BCUT2D eigenvalue weighted by Crippen LogP contribution is -2.25. The highest BCUT2D eigenvalue weighted by atomic mass is 19.1. The zero-order chi connectivity index (χ0) is 19.0. The maximum Gasteiger partial charge on any atom is 0.233 e. The second-order valence-corrected chi connectivity index (χ2v) is 6.67. The predicted molar refractivity (Wildman–Crippen MR) is 96.8 cm³/mol. The molecule has 27 heavy (non-hydrogen) atoms. The van der Waals surface area contributed by atoms with Crippen LogP contribution in [-0.4, -0.2) is 32.2 Å². The fourth-order valence-corrected chi connectivity index (χ4v) is 2.85. The van der Waals surface area contributed by atoms with E-state index in [2.05, 4.69) is 30.5 Å². The molecule has 1 atom stereocenters. The van der Waals surface area contributed by atoms with Gasteiger partial charge in [-0.15, -0.1) is 0 Å². The number of benzene rings is 1. The highest BCUT2D eigenvalue weighted by molar-refractivity contribution is 5.50. The molecule has 2 N–H and O–H groups in total. The lowest BCUT2D eigenvalue weighted by Gasteiger charge is -2.25. The maximum atomic E-state index is 14.1. The standard InChI is InChI=1S/C18H19F2N7/c1-10(13-7-12(19)5-6-14(13)20)27(2)18-22-9-21-17(24-18)23-16-8-15(25-26-16)11-3-4-11/h5-11H,3-4H2,1-2H3,(H2,21,22,23,24,25,26). The smallest absolute Gasteiger partial charge is 0.233 e. The van der Waals surface area contributed by atoms with Crippen LogP contribution in [-0.2, 0) is 0 Å². The first kappa shape index (κ1) is 17.3. The molecule has 0 spiro atoms. The van der Waals surface area contributed by atoms with E-state index in [1.54, 1.807) is 18.9 Å². The molecule has 1 aliphatic carbocycles. The predicted octanol–water partition coefficient (Wildman–Crippen LogP) is 3.69. The molecule has 2 aromatic heterocycles.